The predicted molar refractivity (Wildman–Crippen MR) is 75.4 cm³/mol. The van der Waals surface area contributed by atoms with Gasteiger partial charge in [0.05, 0.1) is 6.10 Å². The number of hydrogen-bond donors (Lipinski definition) is 2. The highest BCUT2D eigenvalue weighted by Crippen LogP contribution is 2.39. The van der Waals surface area contributed by atoms with Crippen LogP contribution in [0.3, 0.4) is 0 Å². The molecule has 0 aliphatic carbocycles. The van der Waals surface area contributed by atoms with Gasteiger partial charge in [0.25, 0.3) is 0 Å². The zero-order chi connectivity index (χ0) is 15.6. The Morgan fingerprint density at radius 3 is 2.71 bits per heavy atom. The molecule has 0 aliphatic rings. The van der Waals surface area contributed by atoms with Gasteiger partial charge in [0, 0.05) is 23.6 Å². The molecule has 0 amide bonds. The Balaban J connectivity index is 2.77. The summed E-state index contributed by atoms with van der Waals surface area (Å²) in [4.78, 5) is 26.9. The fourth-order valence-corrected chi connectivity index (χ4v) is 2.10. The number of benzene rings is 1. The summed E-state index contributed by atoms with van der Waals surface area (Å²) in [5, 5.41) is 20.8. The first-order valence-electron chi connectivity index (χ1n) is 6.43. The lowest BCUT2D eigenvalue weighted by molar-refractivity contribution is -0.107. The van der Waals surface area contributed by atoms with Crippen molar-refractivity contribution >= 4 is 23.2 Å². The van der Waals surface area contributed by atoms with Crippen molar-refractivity contribution in [2.75, 3.05) is 0 Å². The van der Waals surface area contributed by atoms with Crippen LogP contribution in [0.1, 0.15) is 29.8 Å². The van der Waals surface area contributed by atoms with Gasteiger partial charge in [-0.05, 0) is 26.0 Å². The van der Waals surface area contributed by atoms with Crippen molar-refractivity contribution in [2.45, 2.75) is 26.4 Å². The molecule has 0 spiro atoms. The van der Waals surface area contributed by atoms with Gasteiger partial charge in [-0.1, -0.05) is 0 Å². The van der Waals surface area contributed by atoms with Crippen LogP contribution in [-0.4, -0.2) is 33.6 Å². The summed E-state index contributed by atoms with van der Waals surface area (Å²) in [5.41, 5.74) is -0.103. The van der Waals surface area contributed by atoms with E-state index in [9.17, 15) is 19.8 Å². The van der Waals surface area contributed by atoms with E-state index in [4.69, 9.17) is 4.74 Å². The van der Waals surface area contributed by atoms with E-state index in [1.54, 1.807) is 26.0 Å². The fraction of sp³-hybridized carbons (Fsp3) is 0.267. The molecule has 0 atom stereocenters. The minimum absolute atomic E-state index is 0.0358. The molecule has 6 heteroatoms. The van der Waals surface area contributed by atoms with Crippen LogP contribution in [0.15, 0.2) is 18.3 Å². The monoisotopic (exact) mass is 289 g/mol. The third-order valence-electron chi connectivity index (χ3n) is 2.95. The quantitative estimate of drug-likeness (QED) is 0.507. The minimum Gasteiger partial charge on any atom is -0.507 e. The number of aldehydes is 1. The van der Waals surface area contributed by atoms with Crippen LogP contribution in [-0.2, 0) is 16.0 Å². The predicted octanol–water partition coefficient (Wildman–Crippen LogP) is 1.95. The number of nitrogens with zero attached hydrogens (tertiary/aromatic N) is 1. The van der Waals surface area contributed by atoms with E-state index < -0.39 is 17.8 Å². The average molecular weight is 289 g/mol. The maximum atomic E-state index is 12.1. The van der Waals surface area contributed by atoms with Crippen molar-refractivity contribution in [1.29, 1.82) is 0 Å². The maximum absolute atomic E-state index is 12.1. The number of ether oxygens (including phenoxy) is 1. The van der Waals surface area contributed by atoms with Crippen molar-refractivity contribution in [3.63, 3.8) is 0 Å². The minimum atomic E-state index is -0.804. The molecule has 0 fully saturated rings. The second-order valence-electron chi connectivity index (χ2n) is 4.78. The first-order chi connectivity index (χ1) is 9.97. The van der Waals surface area contributed by atoms with E-state index in [0.29, 0.717) is 6.29 Å². The van der Waals surface area contributed by atoms with Gasteiger partial charge in [-0.3, -0.25) is 4.98 Å². The van der Waals surface area contributed by atoms with Crippen LogP contribution in [0.4, 0.5) is 0 Å². The van der Waals surface area contributed by atoms with E-state index in [-0.39, 0.29) is 34.2 Å². The summed E-state index contributed by atoms with van der Waals surface area (Å²) in [6.07, 6.45) is 1.36. The number of aromatic nitrogens is 1. The van der Waals surface area contributed by atoms with Gasteiger partial charge in [0.1, 0.15) is 23.1 Å². The summed E-state index contributed by atoms with van der Waals surface area (Å²) >= 11 is 0. The van der Waals surface area contributed by atoms with Crippen LogP contribution in [0, 0.1) is 0 Å². The molecule has 0 bridgehead atoms. The Bertz CT molecular complexity index is 709. The summed E-state index contributed by atoms with van der Waals surface area (Å²) < 4.78 is 5.05. The Kier molecular flexibility index (Phi) is 4.07. The molecule has 6 nitrogen and oxygen atoms in total. The summed E-state index contributed by atoms with van der Waals surface area (Å²) in [6.45, 7) is 3.32. The molecule has 0 unspecified atom stereocenters. The molecule has 0 radical (unpaired) electrons. The van der Waals surface area contributed by atoms with E-state index >= 15 is 0 Å². The number of pyridine rings is 1. The maximum Gasteiger partial charge on any atom is 0.342 e. The fourth-order valence-electron chi connectivity index (χ4n) is 2.10. The summed E-state index contributed by atoms with van der Waals surface area (Å²) in [7, 11) is 0. The van der Waals surface area contributed by atoms with Crippen LogP contribution in [0.25, 0.3) is 10.9 Å². The van der Waals surface area contributed by atoms with Crippen molar-refractivity contribution < 1.29 is 24.5 Å². The standard InChI is InChI=1S/C15H15NO5/c1-8(2)21-15(20)11-9(5-7-17)13(18)10-4-3-6-16-12(10)14(11)19/h3-4,6-8,18-19H,5H2,1-2H3. The molecule has 2 N–H and O–H groups in total. The molecule has 2 aromatic rings. The lowest BCUT2D eigenvalue weighted by atomic mass is 9.98. The SMILES string of the molecule is CC(C)OC(=O)c1c(CC=O)c(O)c2cccnc2c1O. The summed E-state index contributed by atoms with van der Waals surface area (Å²) in [5.74, 6) is -1.45. The van der Waals surface area contributed by atoms with Crippen molar-refractivity contribution in [3.05, 3.63) is 29.5 Å². The molecule has 21 heavy (non-hydrogen) atoms. The normalized spacial score (nSPS) is 10.8. The molecule has 0 saturated carbocycles. The second kappa shape index (κ2) is 5.78. The van der Waals surface area contributed by atoms with E-state index in [1.165, 1.54) is 6.20 Å². The number of aromatic hydroxyl groups is 2. The van der Waals surface area contributed by atoms with Crippen LogP contribution >= 0.6 is 0 Å². The smallest absolute Gasteiger partial charge is 0.342 e. The zero-order valence-corrected chi connectivity index (χ0v) is 11.7. The number of phenols is 2. The molecular formula is C15H15NO5. The zero-order valence-electron chi connectivity index (χ0n) is 11.7. The Morgan fingerprint density at radius 1 is 1.38 bits per heavy atom. The molecule has 1 heterocycles. The molecule has 2 rings (SSSR count). The number of carbonyl (C=O) groups is 2. The van der Waals surface area contributed by atoms with Gasteiger partial charge in [-0.2, -0.15) is 0 Å². The van der Waals surface area contributed by atoms with Gasteiger partial charge < -0.3 is 19.7 Å². The Hall–Kier alpha value is -2.63. The molecule has 1 aromatic heterocycles. The van der Waals surface area contributed by atoms with Crippen molar-refractivity contribution in [1.82, 2.24) is 4.98 Å². The van der Waals surface area contributed by atoms with Gasteiger partial charge in [0.15, 0.2) is 5.75 Å². The van der Waals surface area contributed by atoms with E-state index in [2.05, 4.69) is 4.98 Å². The topological polar surface area (TPSA) is 96.7 Å². The number of hydrogen-bond acceptors (Lipinski definition) is 6. The average Bonchev–Trinajstić information content (AvgIpc) is 2.44. The van der Waals surface area contributed by atoms with Crippen LogP contribution in [0.2, 0.25) is 0 Å². The molecular weight excluding hydrogens is 274 g/mol. The van der Waals surface area contributed by atoms with Crippen molar-refractivity contribution in [2.24, 2.45) is 0 Å². The van der Waals surface area contributed by atoms with E-state index in [1.807, 2.05) is 0 Å². The number of rotatable bonds is 4. The number of carbonyl (C=O) groups excluding carboxylic acids is 2. The first kappa shape index (κ1) is 14.8. The number of phenolic OH excluding ortho intramolecular Hbond substituents is 2. The third-order valence-corrected chi connectivity index (χ3v) is 2.95. The van der Waals surface area contributed by atoms with Gasteiger partial charge in [0.2, 0.25) is 0 Å². The molecule has 110 valence electrons. The van der Waals surface area contributed by atoms with Gasteiger partial charge in [-0.25, -0.2) is 4.79 Å². The largest absolute Gasteiger partial charge is 0.507 e. The molecule has 0 aliphatic heterocycles. The summed E-state index contributed by atoms with van der Waals surface area (Å²) in [6, 6.07) is 3.13. The van der Waals surface area contributed by atoms with Crippen LogP contribution in [0.5, 0.6) is 11.5 Å². The molecule has 1 aromatic carbocycles. The highest BCUT2D eigenvalue weighted by Gasteiger charge is 2.25. The lowest BCUT2D eigenvalue weighted by Crippen LogP contribution is -2.14. The molecule has 0 saturated heterocycles. The highest BCUT2D eigenvalue weighted by molar-refractivity contribution is 6.04. The first-order valence-corrected chi connectivity index (χ1v) is 6.43. The number of esters is 1. The Morgan fingerprint density at radius 2 is 2.10 bits per heavy atom. The Labute approximate surface area is 121 Å². The third kappa shape index (κ3) is 2.65. The lowest BCUT2D eigenvalue weighted by Gasteiger charge is -2.15. The highest BCUT2D eigenvalue weighted by atomic mass is 16.5. The number of fused-ring (bicyclic) bond motifs is 1. The second-order valence-corrected chi connectivity index (χ2v) is 4.78. The van der Waals surface area contributed by atoms with Gasteiger partial charge in [-0.15, -0.1) is 0 Å². The van der Waals surface area contributed by atoms with Gasteiger partial charge >= 0.3 is 5.97 Å². The van der Waals surface area contributed by atoms with Crippen molar-refractivity contribution in [3.8, 4) is 11.5 Å². The van der Waals surface area contributed by atoms with Crippen LogP contribution < -0.4 is 0 Å². The van der Waals surface area contributed by atoms with E-state index in [0.717, 1.165) is 0 Å².